The van der Waals surface area contributed by atoms with E-state index in [0.29, 0.717) is 11.0 Å². The first-order valence-corrected chi connectivity index (χ1v) is 7.37. The first-order valence-electron chi connectivity index (χ1n) is 6.96. The minimum Gasteiger partial charge on any atom is -0.388 e. The highest BCUT2D eigenvalue weighted by atomic mass is 32.1. The van der Waals surface area contributed by atoms with Crippen LogP contribution in [0.15, 0.2) is 18.3 Å². The molecule has 0 saturated carbocycles. The number of pyridine rings is 1. The lowest BCUT2D eigenvalue weighted by molar-refractivity contribution is 0.0729. The van der Waals surface area contributed by atoms with Crippen molar-refractivity contribution in [3.8, 4) is 0 Å². The number of hydrogen-bond acceptors (Lipinski definition) is 3. The second-order valence-corrected chi connectivity index (χ2v) is 6.34. The van der Waals surface area contributed by atoms with Gasteiger partial charge in [0.05, 0.1) is 5.69 Å². The van der Waals surface area contributed by atoms with E-state index < -0.39 is 0 Å². The van der Waals surface area contributed by atoms with Crippen LogP contribution >= 0.6 is 12.2 Å². The van der Waals surface area contributed by atoms with Gasteiger partial charge in [-0.3, -0.25) is 9.88 Å². The van der Waals surface area contributed by atoms with Gasteiger partial charge in [0.25, 0.3) is 0 Å². The summed E-state index contributed by atoms with van der Waals surface area (Å²) in [5.41, 5.74) is 7.60. The minimum atomic E-state index is 0.371. The molecular weight excluding hydrogens is 254 g/mol. The lowest BCUT2D eigenvalue weighted by Crippen LogP contribution is -2.45. The second-order valence-electron chi connectivity index (χ2n) is 5.90. The van der Waals surface area contributed by atoms with Crippen LogP contribution in [0.1, 0.15) is 38.4 Å². The van der Waals surface area contributed by atoms with Crippen molar-refractivity contribution in [2.24, 2.45) is 17.6 Å². The zero-order valence-corrected chi connectivity index (χ0v) is 12.8. The number of rotatable bonds is 3. The fourth-order valence-corrected chi connectivity index (χ4v) is 3.09. The van der Waals surface area contributed by atoms with E-state index in [-0.39, 0.29) is 0 Å². The zero-order chi connectivity index (χ0) is 14.0. The summed E-state index contributed by atoms with van der Waals surface area (Å²) in [5, 5.41) is 0. The van der Waals surface area contributed by atoms with Gasteiger partial charge >= 0.3 is 0 Å². The maximum absolute atomic E-state index is 5.64. The number of hydrogen-bond donors (Lipinski definition) is 1. The minimum absolute atomic E-state index is 0.371. The number of likely N-dealkylation sites (tertiary alicyclic amines) is 1. The molecule has 3 atom stereocenters. The van der Waals surface area contributed by atoms with Crippen molar-refractivity contribution >= 4 is 17.2 Å². The van der Waals surface area contributed by atoms with E-state index in [4.69, 9.17) is 18.0 Å². The van der Waals surface area contributed by atoms with Crippen LogP contribution in [0.3, 0.4) is 0 Å². The van der Waals surface area contributed by atoms with Crippen LogP contribution in [0.25, 0.3) is 0 Å². The number of nitrogens with zero attached hydrogens (tertiary/aromatic N) is 2. The molecule has 19 heavy (non-hydrogen) atoms. The van der Waals surface area contributed by atoms with E-state index >= 15 is 0 Å². The Hall–Kier alpha value is -1.00. The molecule has 0 amide bonds. The third-order valence-corrected chi connectivity index (χ3v) is 4.39. The van der Waals surface area contributed by atoms with Crippen molar-refractivity contribution in [1.82, 2.24) is 9.88 Å². The van der Waals surface area contributed by atoms with Gasteiger partial charge in [0.15, 0.2) is 0 Å². The number of thiocarbonyl (C=S) groups is 1. The molecule has 3 unspecified atom stereocenters. The SMILES string of the molecule is CC1CC(C)C(C)N(Cc2ccnc(C(N)=S)c2)C1. The molecular formula is C15H23N3S. The Bertz CT molecular complexity index is 460. The van der Waals surface area contributed by atoms with Crippen molar-refractivity contribution in [3.05, 3.63) is 29.6 Å². The van der Waals surface area contributed by atoms with Gasteiger partial charge in [-0.25, -0.2) is 0 Å². The first-order chi connectivity index (χ1) is 8.97. The van der Waals surface area contributed by atoms with Crippen LogP contribution in [-0.2, 0) is 6.54 Å². The van der Waals surface area contributed by atoms with Crippen LogP contribution < -0.4 is 5.73 Å². The summed E-state index contributed by atoms with van der Waals surface area (Å²) in [4.78, 5) is 7.12. The molecule has 3 nitrogen and oxygen atoms in total. The van der Waals surface area contributed by atoms with Crippen molar-refractivity contribution in [1.29, 1.82) is 0 Å². The molecule has 2 rings (SSSR count). The molecule has 0 spiro atoms. The quantitative estimate of drug-likeness (QED) is 0.862. The van der Waals surface area contributed by atoms with Crippen molar-refractivity contribution in [2.75, 3.05) is 6.54 Å². The summed E-state index contributed by atoms with van der Waals surface area (Å²) < 4.78 is 0. The Kier molecular flexibility index (Phi) is 4.53. The molecule has 1 aliphatic rings. The van der Waals surface area contributed by atoms with Crippen LogP contribution in [-0.4, -0.2) is 27.5 Å². The van der Waals surface area contributed by atoms with Gasteiger partial charge < -0.3 is 5.73 Å². The van der Waals surface area contributed by atoms with Crippen molar-refractivity contribution in [3.63, 3.8) is 0 Å². The average molecular weight is 277 g/mol. The van der Waals surface area contributed by atoms with Crippen molar-refractivity contribution in [2.45, 2.75) is 39.8 Å². The molecule has 0 aliphatic carbocycles. The Morgan fingerprint density at radius 3 is 2.89 bits per heavy atom. The van der Waals surface area contributed by atoms with Gasteiger partial charge in [-0.15, -0.1) is 0 Å². The Balaban J connectivity index is 2.11. The van der Waals surface area contributed by atoms with Crippen LogP contribution in [0.5, 0.6) is 0 Å². The number of piperidine rings is 1. The van der Waals surface area contributed by atoms with E-state index in [1.807, 2.05) is 6.07 Å². The highest BCUT2D eigenvalue weighted by Crippen LogP contribution is 2.28. The van der Waals surface area contributed by atoms with Gasteiger partial charge in [0, 0.05) is 25.3 Å². The molecule has 1 aromatic heterocycles. The monoisotopic (exact) mass is 277 g/mol. The van der Waals surface area contributed by atoms with E-state index in [2.05, 4.69) is 36.7 Å². The van der Waals surface area contributed by atoms with Gasteiger partial charge in [0.2, 0.25) is 0 Å². The lowest BCUT2D eigenvalue weighted by Gasteiger charge is -2.41. The predicted molar refractivity (Wildman–Crippen MR) is 82.9 cm³/mol. The zero-order valence-electron chi connectivity index (χ0n) is 12.0. The molecule has 104 valence electrons. The summed E-state index contributed by atoms with van der Waals surface area (Å²) in [6, 6.07) is 4.69. The number of nitrogens with two attached hydrogens (primary N) is 1. The molecule has 1 saturated heterocycles. The molecule has 2 N–H and O–H groups in total. The summed E-state index contributed by atoms with van der Waals surface area (Å²) in [5.74, 6) is 1.52. The van der Waals surface area contributed by atoms with Gasteiger partial charge in [-0.1, -0.05) is 26.1 Å². The molecule has 0 bridgehead atoms. The normalized spacial score (nSPS) is 28.3. The third-order valence-electron chi connectivity index (χ3n) is 4.18. The molecule has 1 aliphatic heterocycles. The van der Waals surface area contributed by atoms with E-state index in [1.54, 1.807) is 6.20 Å². The third kappa shape index (κ3) is 3.51. The fraction of sp³-hybridized carbons (Fsp3) is 0.600. The summed E-state index contributed by atoms with van der Waals surface area (Å²) in [6.07, 6.45) is 3.12. The summed E-state index contributed by atoms with van der Waals surface area (Å²) >= 11 is 4.99. The highest BCUT2D eigenvalue weighted by Gasteiger charge is 2.28. The van der Waals surface area contributed by atoms with E-state index in [1.165, 1.54) is 12.0 Å². The lowest BCUT2D eigenvalue weighted by atomic mass is 9.86. The van der Waals surface area contributed by atoms with Gasteiger partial charge in [-0.2, -0.15) is 0 Å². The standard InChI is InChI=1S/C15H23N3S/c1-10-6-11(2)12(3)18(8-10)9-13-4-5-17-14(7-13)15(16)19/h4-5,7,10-12H,6,8-9H2,1-3H3,(H2,16,19). The topological polar surface area (TPSA) is 42.2 Å². The number of aromatic nitrogens is 1. The van der Waals surface area contributed by atoms with Crippen LogP contribution in [0.2, 0.25) is 0 Å². The van der Waals surface area contributed by atoms with E-state index in [9.17, 15) is 0 Å². The summed E-state index contributed by atoms with van der Waals surface area (Å²) in [6.45, 7) is 9.12. The molecule has 0 aromatic carbocycles. The molecule has 0 radical (unpaired) electrons. The maximum Gasteiger partial charge on any atom is 0.122 e. The molecule has 1 fully saturated rings. The summed E-state index contributed by atoms with van der Waals surface area (Å²) in [7, 11) is 0. The molecule has 1 aromatic rings. The first kappa shape index (κ1) is 14.4. The molecule has 2 heterocycles. The largest absolute Gasteiger partial charge is 0.388 e. The van der Waals surface area contributed by atoms with E-state index in [0.717, 1.165) is 30.6 Å². The molecule has 4 heteroatoms. The maximum atomic E-state index is 5.64. The Labute approximate surface area is 121 Å². The fourth-order valence-electron chi connectivity index (χ4n) is 2.98. The Morgan fingerprint density at radius 2 is 2.21 bits per heavy atom. The smallest absolute Gasteiger partial charge is 0.122 e. The van der Waals surface area contributed by atoms with Crippen molar-refractivity contribution < 1.29 is 0 Å². The van der Waals surface area contributed by atoms with Gasteiger partial charge in [-0.05, 0) is 42.9 Å². The second kappa shape index (κ2) is 5.97. The highest BCUT2D eigenvalue weighted by molar-refractivity contribution is 7.80. The van der Waals surface area contributed by atoms with Crippen LogP contribution in [0, 0.1) is 11.8 Å². The average Bonchev–Trinajstić information content (AvgIpc) is 2.35. The Morgan fingerprint density at radius 1 is 1.47 bits per heavy atom. The predicted octanol–water partition coefficient (Wildman–Crippen LogP) is 2.58. The van der Waals surface area contributed by atoms with Gasteiger partial charge in [0.1, 0.15) is 4.99 Å². The van der Waals surface area contributed by atoms with Crippen LogP contribution in [0.4, 0.5) is 0 Å².